The molecule has 0 aliphatic heterocycles. The van der Waals surface area contributed by atoms with Gasteiger partial charge in [-0.2, -0.15) is 0 Å². The van der Waals surface area contributed by atoms with Crippen molar-refractivity contribution in [3.8, 4) is 0 Å². The van der Waals surface area contributed by atoms with E-state index in [0.29, 0.717) is 23.7 Å². The maximum atomic E-state index is 12.1. The average Bonchev–Trinajstić information content (AvgIpc) is 2.52. The van der Waals surface area contributed by atoms with Crippen LogP contribution < -0.4 is 10.6 Å². The molecule has 0 aliphatic rings. The smallest absolute Gasteiger partial charge is 0.251 e. The van der Waals surface area contributed by atoms with Crippen LogP contribution in [0.1, 0.15) is 28.4 Å². The van der Waals surface area contributed by atoms with Gasteiger partial charge in [0, 0.05) is 30.6 Å². The maximum Gasteiger partial charge on any atom is 0.251 e. The Morgan fingerprint density at radius 2 is 1.36 bits per heavy atom. The summed E-state index contributed by atoms with van der Waals surface area (Å²) in [5.41, 5.74) is 2.52. The highest BCUT2D eigenvalue weighted by Gasteiger charge is 2.05. The van der Waals surface area contributed by atoms with E-state index in [-0.39, 0.29) is 11.8 Å². The second-order valence-electron chi connectivity index (χ2n) is 4.92. The summed E-state index contributed by atoms with van der Waals surface area (Å²) < 4.78 is 0. The summed E-state index contributed by atoms with van der Waals surface area (Å²) in [5, 5.41) is 6.24. The van der Waals surface area contributed by atoms with Crippen molar-refractivity contribution in [1.29, 1.82) is 0 Å². The third-order valence-corrected chi connectivity index (χ3v) is 3.38. The number of benzene rings is 2. The molecule has 0 fully saturated rings. The van der Waals surface area contributed by atoms with Gasteiger partial charge in [0.05, 0.1) is 0 Å². The zero-order chi connectivity index (χ0) is 15.9. The topological polar surface area (TPSA) is 58.2 Å². The van der Waals surface area contributed by atoms with Gasteiger partial charge >= 0.3 is 0 Å². The van der Waals surface area contributed by atoms with Crippen molar-refractivity contribution in [1.82, 2.24) is 10.6 Å². The SMILES string of the molecule is CC(=O)NCc1ccc(C(=O)NCc2ccc(Cl)cc2)cc1. The molecule has 0 radical (unpaired) electrons. The minimum absolute atomic E-state index is 0.0789. The van der Waals surface area contributed by atoms with E-state index in [0.717, 1.165) is 11.1 Å². The predicted molar refractivity (Wildman–Crippen MR) is 86.6 cm³/mol. The molecule has 4 nitrogen and oxygen atoms in total. The van der Waals surface area contributed by atoms with E-state index in [4.69, 9.17) is 11.6 Å². The van der Waals surface area contributed by atoms with Crippen molar-refractivity contribution in [3.05, 3.63) is 70.2 Å². The zero-order valence-corrected chi connectivity index (χ0v) is 13.0. The van der Waals surface area contributed by atoms with Gasteiger partial charge in [0.1, 0.15) is 0 Å². The normalized spacial score (nSPS) is 10.1. The van der Waals surface area contributed by atoms with Crippen molar-refractivity contribution in [2.45, 2.75) is 20.0 Å². The van der Waals surface area contributed by atoms with Crippen LogP contribution in [-0.4, -0.2) is 11.8 Å². The highest BCUT2D eigenvalue weighted by atomic mass is 35.5. The van der Waals surface area contributed by atoms with Gasteiger partial charge in [-0.05, 0) is 35.4 Å². The van der Waals surface area contributed by atoms with E-state index < -0.39 is 0 Å². The first-order valence-corrected chi connectivity index (χ1v) is 7.28. The number of rotatable bonds is 5. The standard InChI is InChI=1S/C17H17ClN2O2/c1-12(21)19-10-13-2-6-15(7-3-13)17(22)20-11-14-4-8-16(18)9-5-14/h2-9H,10-11H2,1H3,(H,19,21)(H,20,22). The number of nitrogens with one attached hydrogen (secondary N) is 2. The molecule has 0 spiro atoms. The number of halogens is 1. The lowest BCUT2D eigenvalue weighted by Gasteiger charge is -2.07. The average molecular weight is 317 g/mol. The Bertz CT molecular complexity index is 651. The lowest BCUT2D eigenvalue weighted by atomic mass is 10.1. The molecule has 22 heavy (non-hydrogen) atoms. The fourth-order valence-corrected chi connectivity index (χ4v) is 2.01. The number of carbonyl (C=O) groups is 2. The Kier molecular flexibility index (Phi) is 5.55. The molecule has 0 aliphatic carbocycles. The molecule has 114 valence electrons. The molecule has 2 aromatic carbocycles. The maximum absolute atomic E-state index is 12.1. The lowest BCUT2D eigenvalue weighted by molar-refractivity contribution is -0.119. The Hall–Kier alpha value is -2.33. The van der Waals surface area contributed by atoms with Gasteiger partial charge in [0.25, 0.3) is 5.91 Å². The van der Waals surface area contributed by atoms with E-state index in [1.165, 1.54) is 6.92 Å². The molecule has 0 unspecified atom stereocenters. The summed E-state index contributed by atoms with van der Waals surface area (Å²) >= 11 is 5.82. The van der Waals surface area contributed by atoms with Crippen LogP contribution in [0.25, 0.3) is 0 Å². The molecule has 2 aromatic rings. The molecule has 0 atom stereocenters. The highest BCUT2D eigenvalue weighted by Crippen LogP contribution is 2.10. The molecule has 2 rings (SSSR count). The van der Waals surface area contributed by atoms with E-state index in [2.05, 4.69) is 10.6 Å². The number of carbonyl (C=O) groups excluding carboxylic acids is 2. The number of amides is 2. The second kappa shape index (κ2) is 7.61. The van der Waals surface area contributed by atoms with Crippen molar-refractivity contribution in [2.24, 2.45) is 0 Å². The molecule has 0 aromatic heterocycles. The van der Waals surface area contributed by atoms with E-state index >= 15 is 0 Å². The van der Waals surface area contributed by atoms with Crippen LogP contribution in [0.5, 0.6) is 0 Å². The number of hydrogen-bond acceptors (Lipinski definition) is 2. The Morgan fingerprint density at radius 1 is 0.864 bits per heavy atom. The van der Waals surface area contributed by atoms with Crippen molar-refractivity contribution >= 4 is 23.4 Å². The van der Waals surface area contributed by atoms with Gasteiger partial charge in [-0.15, -0.1) is 0 Å². The summed E-state index contributed by atoms with van der Waals surface area (Å²) in [4.78, 5) is 22.9. The van der Waals surface area contributed by atoms with Gasteiger partial charge in [-0.25, -0.2) is 0 Å². The minimum atomic E-state index is -0.138. The Labute approximate surface area is 134 Å². The van der Waals surface area contributed by atoms with Crippen LogP contribution in [0.15, 0.2) is 48.5 Å². The van der Waals surface area contributed by atoms with Gasteiger partial charge in [0.2, 0.25) is 5.91 Å². The van der Waals surface area contributed by atoms with E-state index in [1.54, 1.807) is 24.3 Å². The first kappa shape index (κ1) is 16.0. The quantitative estimate of drug-likeness (QED) is 0.891. The molecule has 0 saturated carbocycles. The van der Waals surface area contributed by atoms with Crippen LogP contribution in [0.4, 0.5) is 0 Å². The van der Waals surface area contributed by atoms with Crippen LogP contribution in [0.2, 0.25) is 5.02 Å². The van der Waals surface area contributed by atoms with E-state index in [1.807, 2.05) is 24.3 Å². The summed E-state index contributed by atoms with van der Waals surface area (Å²) in [5.74, 6) is -0.217. The van der Waals surface area contributed by atoms with Crippen molar-refractivity contribution < 1.29 is 9.59 Å². The van der Waals surface area contributed by atoms with Gasteiger partial charge < -0.3 is 10.6 Å². The highest BCUT2D eigenvalue weighted by molar-refractivity contribution is 6.30. The fraction of sp³-hybridized carbons (Fsp3) is 0.176. The third-order valence-electron chi connectivity index (χ3n) is 3.12. The fourth-order valence-electron chi connectivity index (χ4n) is 1.89. The van der Waals surface area contributed by atoms with Gasteiger partial charge in [0.15, 0.2) is 0 Å². The lowest BCUT2D eigenvalue weighted by Crippen LogP contribution is -2.23. The van der Waals surface area contributed by atoms with Gasteiger partial charge in [-0.1, -0.05) is 35.9 Å². The molecule has 0 heterocycles. The third kappa shape index (κ3) is 4.90. The molecular formula is C17H17ClN2O2. The van der Waals surface area contributed by atoms with Gasteiger partial charge in [-0.3, -0.25) is 9.59 Å². The van der Waals surface area contributed by atoms with Crippen molar-refractivity contribution in [3.63, 3.8) is 0 Å². The minimum Gasteiger partial charge on any atom is -0.352 e. The summed E-state index contributed by atoms with van der Waals surface area (Å²) in [6.45, 7) is 2.38. The summed E-state index contributed by atoms with van der Waals surface area (Å²) in [6, 6.07) is 14.5. The second-order valence-corrected chi connectivity index (χ2v) is 5.35. The van der Waals surface area contributed by atoms with Crippen LogP contribution in [-0.2, 0) is 17.9 Å². The zero-order valence-electron chi connectivity index (χ0n) is 12.2. The molecule has 5 heteroatoms. The van der Waals surface area contributed by atoms with Crippen molar-refractivity contribution in [2.75, 3.05) is 0 Å². The molecule has 2 amide bonds. The number of hydrogen-bond donors (Lipinski definition) is 2. The first-order valence-electron chi connectivity index (χ1n) is 6.90. The first-order chi connectivity index (χ1) is 10.5. The molecule has 0 bridgehead atoms. The van der Waals surface area contributed by atoms with Crippen LogP contribution >= 0.6 is 11.6 Å². The monoisotopic (exact) mass is 316 g/mol. The Morgan fingerprint density at radius 3 is 1.91 bits per heavy atom. The predicted octanol–water partition coefficient (Wildman–Crippen LogP) is 2.91. The largest absolute Gasteiger partial charge is 0.352 e. The van der Waals surface area contributed by atoms with Crippen LogP contribution in [0, 0.1) is 0 Å². The van der Waals surface area contributed by atoms with Crippen LogP contribution in [0.3, 0.4) is 0 Å². The summed E-state index contributed by atoms with van der Waals surface area (Å²) in [7, 11) is 0. The summed E-state index contributed by atoms with van der Waals surface area (Å²) in [6.07, 6.45) is 0. The van der Waals surface area contributed by atoms with E-state index in [9.17, 15) is 9.59 Å². The molecule has 0 saturated heterocycles. The Balaban J connectivity index is 1.89. The molecular weight excluding hydrogens is 300 g/mol. The molecule has 2 N–H and O–H groups in total.